The standard InChI is InChI=1S/C6H12N4O2S2/c1-13-6-8-5(7)10(9-6)3-4-14(2,11)12/h3-4H2,1-2H3,(H2,7,8,9). The summed E-state index contributed by atoms with van der Waals surface area (Å²) in [6, 6.07) is 0. The van der Waals surface area contributed by atoms with Gasteiger partial charge in [-0.25, -0.2) is 13.1 Å². The first kappa shape index (κ1) is 11.3. The Hall–Kier alpha value is -0.760. The molecule has 1 heterocycles. The molecule has 80 valence electrons. The van der Waals surface area contributed by atoms with Crippen LogP contribution in [0.1, 0.15) is 0 Å². The Morgan fingerprint density at radius 1 is 1.57 bits per heavy atom. The molecule has 0 bridgehead atoms. The molecule has 0 fully saturated rings. The number of hydrogen-bond acceptors (Lipinski definition) is 6. The van der Waals surface area contributed by atoms with Crippen molar-refractivity contribution in [1.29, 1.82) is 0 Å². The second kappa shape index (κ2) is 4.18. The van der Waals surface area contributed by atoms with Crippen molar-refractivity contribution >= 4 is 27.5 Å². The van der Waals surface area contributed by atoms with Crippen LogP contribution in [0, 0.1) is 0 Å². The zero-order valence-corrected chi connectivity index (χ0v) is 9.60. The van der Waals surface area contributed by atoms with E-state index >= 15 is 0 Å². The van der Waals surface area contributed by atoms with Crippen LogP contribution in [0.5, 0.6) is 0 Å². The summed E-state index contributed by atoms with van der Waals surface area (Å²) in [7, 11) is -2.99. The van der Waals surface area contributed by atoms with E-state index in [1.807, 2.05) is 6.26 Å². The molecule has 0 spiro atoms. The van der Waals surface area contributed by atoms with Crippen LogP contribution in [0.3, 0.4) is 0 Å². The summed E-state index contributed by atoms with van der Waals surface area (Å²) in [5.41, 5.74) is 5.53. The van der Waals surface area contributed by atoms with Gasteiger partial charge in [0.15, 0.2) is 0 Å². The number of anilines is 1. The number of nitrogen functional groups attached to an aromatic ring is 1. The molecule has 0 aliphatic heterocycles. The molecule has 1 aromatic heterocycles. The molecule has 0 amide bonds. The topological polar surface area (TPSA) is 90.9 Å². The largest absolute Gasteiger partial charge is 0.368 e. The Morgan fingerprint density at radius 2 is 2.21 bits per heavy atom. The zero-order valence-electron chi connectivity index (χ0n) is 7.97. The molecule has 0 atom stereocenters. The number of nitrogens with zero attached hydrogens (tertiary/aromatic N) is 3. The minimum atomic E-state index is -2.99. The van der Waals surface area contributed by atoms with Gasteiger partial charge in [-0.1, -0.05) is 11.8 Å². The summed E-state index contributed by atoms with van der Waals surface area (Å²) in [6.07, 6.45) is 3.01. The van der Waals surface area contributed by atoms with Gasteiger partial charge in [-0.05, 0) is 6.26 Å². The third kappa shape index (κ3) is 3.18. The number of thioether (sulfide) groups is 1. The maximum absolute atomic E-state index is 10.9. The van der Waals surface area contributed by atoms with Gasteiger partial charge in [0.1, 0.15) is 9.84 Å². The minimum Gasteiger partial charge on any atom is -0.368 e. The Bertz CT molecular complexity index is 411. The van der Waals surface area contributed by atoms with Crippen LogP contribution in [0.2, 0.25) is 0 Å². The molecule has 8 heteroatoms. The molecule has 1 aromatic rings. The van der Waals surface area contributed by atoms with Gasteiger partial charge >= 0.3 is 0 Å². The first-order valence-corrected chi connectivity index (χ1v) is 7.13. The van der Waals surface area contributed by atoms with Crippen LogP contribution < -0.4 is 5.73 Å². The summed E-state index contributed by atoms with van der Waals surface area (Å²) >= 11 is 1.36. The second-order valence-electron chi connectivity index (χ2n) is 2.81. The summed E-state index contributed by atoms with van der Waals surface area (Å²) in [4.78, 5) is 3.93. The maximum Gasteiger partial charge on any atom is 0.219 e. The highest BCUT2D eigenvalue weighted by molar-refractivity contribution is 7.98. The smallest absolute Gasteiger partial charge is 0.219 e. The third-order valence-electron chi connectivity index (χ3n) is 1.54. The SMILES string of the molecule is CSc1nc(N)n(CCS(C)(=O)=O)n1. The van der Waals surface area contributed by atoms with Gasteiger partial charge in [0.25, 0.3) is 0 Å². The van der Waals surface area contributed by atoms with Crippen molar-refractivity contribution in [2.45, 2.75) is 11.7 Å². The molecule has 0 saturated carbocycles. The Kier molecular flexibility index (Phi) is 3.38. The molecule has 0 saturated heterocycles. The van der Waals surface area contributed by atoms with Gasteiger partial charge in [0.05, 0.1) is 12.3 Å². The van der Waals surface area contributed by atoms with Crippen LogP contribution in [0.4, 0.5) is 5.95 Å². The summed E-state index contributed by atoms with van der Waals surface area (Å²) in [5.74, 6) is 0.270. The predicted molar refractivity (Wildman–Crippen MR) is 55.9 cm³/mol. The fraction of sp³-hybridized carbons (Fsp3) is 0.667. The van der Waals surface area contributed by atoms with E-state index in [0.717, 1.165) is 0 Å². The van der Waals surface area contributed by atoms with E-state index < -0.39 is 9.84 Å². The lowest BCUT2D eigenvalue weighted by atomic mass is 10.7. The average Bonchev–Trinajstić information content (AvgIpc) is 2.42. The van der Waals surface area contributed by atoms with Crippen molar-refractivity contribution in [2.75, 3.05) is 24.0 Å². The van der Waals surface area contributed by atoms with Gasteiger partial charge in [0.2, 0.25) is 11.1 Å². The summed E-state index contributed by atoms with van der Waals surface area (Å²) < 4.78 is 23.2. The fourth-order valence-corrected chi connectivity index (χ4v) is 1.71. The number of aryl methyl sites for hydroxylation is 1. The first-order chi connectivity index (χ1) is 6.42. The van der Waals surface area contributed by atoms with Gasteiger partial charge in [0, 0.05) is 6.26 Å². The van der Waals surface area contributed by atoms with E-state index in [2.05, 4.69) is 10.1 Å². The molecule has 0 aliphatic rings. The number of nitrogens with two attached hydrogens (primary N) is 1. The van der Waals surface area contributed by atoms with Crippen molar-refractivity contribution in [3.8, 4) is 0 Å². The van der Waals surface area contributed by atoms with Crippen molar-refractivity contribution in [1.82, 2.24) is 14.8 Å². The van der Waals surface area contributed by atoms with E-state index in [4.69, 9.17) is 5.73 Å². The lowest BCUT2D eigenvalue weighted by Gasteiger charge is -1.99. The van der Waals surface area contributed by atoms with E-state index in [1.165, 1.54) is 22.7 Å². The first-order valence-electron chi connectivity index (χ1n) is 3.84. The minimum absolute atomic E-state index is 0.0222. The van der Waals surface area contributed by atoms with Gasteiger partial charge in [-0.15, -0.1) is 5.10 Å². The number of rotatable bonds is 4. The summed E-state index contributed by atoms with van der Waals surface area (Å²) in [5, 5.41) is 4.56. The summed E-state index contributed by atoms with van der Waals surface area (Å²) in [6.45, 7) is 0.248. The number of sulfone groups is 1. The van der Waals surface area contributed by atoms with E-state index in [-0.39, 0.29) is 18.2 Å². The monoisotopic (exact) mass is 236 g/mol. The molecule has 0 aromatic carbocycles. The van der Waals surface area contributed by atoms with E-state index in [1.54, 1.807) is 0 Å². The molecule has 2 N–H and O–H groups in total. The zero-order chi connectivity index (χ0) is 10.8. The molecule has 0 radical (unpaired) electrons. The molecule has 14 heavy (non-hydrogen) atoms. The number of hydrogen-bond donors (Lipinski definition) is 1. The normalized spacial score (nSPS) is 11.9. The quantitative estimate of drug-likeness (QED) is 0.717. The van der Waals surface area contributed by atoms with Gasteiger partial charge < -0.3 is 5.73 Å². The predicted octanol–water partition coefficient (Wildman–Crippen LogP) is -0.373. The van der Waals surface area contributed by atoms with Gasteiger partial charge in [-0.2, -0.15) is 4.98 Å². The molecule has 0 unspecified atom stereocenters. The van der Waals surface area contributed by atoms with Crippen molar-refractivity contribution in [3.63, 3.8) is 0 Å². The molecule has 0 aliphatic carbocycles. The second-order valence-corrected chi connectivity index (χ2v) is 5.84. The lowest BCUT2D eigenvalue weighted by Crippen LogP contribution is -2.14. The highest BCUT2D eigenvalue weighted by atomic mass is 32.2. The van der Waals surface area contributed by atoms with Gasteiger partial charge in [-0.3, -0.25) is 0 Å². The Morgan fingerprint density at radius 3 is 2.64 bits per heavy atom. The number of aromatic nitrogens is 3. The van der Waals surface area contributed by atoms with Crippen molar-refractivity contribution in [3.05, 3.63) is 0 Å². The van der Waals surface area contributed by atoms with Crippen LogP contribution in [0.15, 0.2) is 5.16 Å². The van der Waals surface area contributed by atoms with Crippen LogP contribution >= 0.6 is 11.8 Å². The Labute approximate surface area is 86.8 Å². The Balaban J connectivity index is 2.72. The maximum atomic E-state index is 10.9. The van der Waals surface area contributed by atoms with E-state index in [0.29, 0.717) is 5.16 Å². The van der Waals surface area contributed by atoms with Crippen LogP contribution in [0.25, 0.3) is 0 Å². The highest BCUT2D eigenvalue weighted by Gasteiger charge is 2.08. The lowest BCUT2D eigenvalue weighted by molar-refractivity contribution is 0.585. The molecule has 6 nitrogen and oxygen atoms in total. The molecule has 1 rings (SSSR count). The molecular formula is C6H12N4O2S2. The van der Waals surface area contributed by atoms with Crippen molar-refractivity contribution in [2.24, 2.45) is 0 Å². The van der Waals surface area contributed by atoms with Crippen LogP contribution in [-0.4, -0.2) is 41.4 Å². The van der Waals surface area contributed by atoms with Crippen molar-refractivity contribution < 1.29 is 8.42 Å². The van der Waals surface area contributed by atoms with E-state index in [9.17, 15) is 8.42 Å². The highest BCUT2D eigenvalue weighted by Crippen LogP contribution is 2.10. The third-order valence-corrected chi connectivity index (χ3v) is 3.00. The molecular weight excluding hydrogens is 224 g/mol. The fourth-order valence-electron chi connectivity index (χ4n) is 0.836. The van der Waals surface area contributed by atoms with Crippen LogP contribution in [-0.2, 0) is 16.4 Å². The average molecular weight is 236 g/mol.